The number of ether oxygens (including phenoxy) is 4. The van der Waals surface area contributed by atoms with E-state index in [9.17, 15) is 23.7 Å². The van der Waals surface area contributed by atoms with E-state index in [4.69, 9.17) is 36.1 Å². The van der Waals surface area contributed by atoms with Crippen LogP contribution < -0.4 is 27.2 Å². The predicted molar refractivity (Wildman–Crippen MR) is 143 cm³/mol. The quantitative estimate of drug-likeness (QED) is 0.146. The first-order valence-electron chi connectivity index (χ1n) is 13.2. The number of hydrogen-bond acceptors (Lipinski definition) is 13. The van der Waals surface area contributed by atoms with E-state index >= 15 is 0 Å². The van der Waals surface area contributed by atoms with E-state index in [-0.39, 0.29) is 24.5 Å². The third-order valence-corrected chi connectivity index (χ3v) is 9.04. The molecule has 1 aliphatic carbocycles. The zero-order valence-corrected chi connectivity index (χ0v) is 23.3. The van der Waals surface area contributed by atoms with Gasteiger partial charge in [0.2, 0.25) is 16.3 Å². The monoisotopic (exact) mass is 587 g/mol. The van der Waals surface area contributed by atoms with Crippen LogP contribution in [0.25, 0.3) is 0 Å². The topological polar surface area (TPSA) is 234 Å². The second kappa shape index (κ2) is 12.6. The average molecular weight is 588 g/mol. The molecule has 0 amide bonds. The van der Waals surface area contributed by atoms with Gasteiger partial charge in [-0.05, 0) is 45.0 Å². The number of sulfonamides is 1. The minimum Gasteiger partial charge on any atom is -0.467 e. The molecule has 11 N–H and O–H groups in total. The van der Waals surface area contributed by atoms with Crippen LogP contribution in [0.5, 0.6) is 0 Å². The smallest absolute Gasteiger partial charge is 0.240 e. The molecule has 14 nitrogen and oxygen atoms in total. The normalized spacial score (nSPS) is 40.8. The average Bonchev–Trinajstić information content (AvgIpc) is 2.91. The highest BCUT2D eigenvalue weighted by molar-refractivity contribution is 7.89. The van der Waals surface area contributed by atoms with Crippen molar-refractivity contribution in [3.8, 4) is 0 Å². The van der Waals surface area contributed by atoms with Gasteiger partial charge in [-0.3, -0.25) is 0 Å². The van der Waals surface area contributed by atoms with Gasteiger partial charge in [-0.15, -0.1) is 0 Å². The molecule has 0 bridgehead atoms. The molecule has 1 aromatic carbocycles. The summed E-state index contributed by atoms with van der Waals surface area (Å²) in [6, 6.07) is 4.42. The van der Waals surface area contributed by atoms with Crippen LogP contribution in [0.2, 0.25) is 0 Å². The first-order valence-corrected chi connectivity index (χ1v) is 14.7. The van der Waals surface area contributed by atoms with Crippen molar-refractivity contribution < 1.29 is 42.7 Å². The largest absolute Gasteiger partial charge is 0.467 e. The van der Waals surface area contributed by atoms with Gasteiger partial charge in [-0.25, -0.2) is 13.1 Å². The standard InChI is InChI=1S/C25H41N5O9S/c1-25(33)12-36-24(19(32)22(25)29-2)39-21-17(30-40(34,35)14-6-4-3-5-7-14)10-16(28)20(18(21)31)38-23-15(27)9-8-13(11-26)37-23/h3-8,15-24,29-33H,9-12,26-28H2,1-2H3/t15-,16+,17-,18+,19-,20-,21+,22-,23-,24-,25+/m1/s1. The Labute approximate surface area is 233 Å². The van der Waals surface area contributed by atoms with E-state index in [2.05, 4.69) is 10.0 Å². The molecule has 226 valence electrons. The van der Waals surface area contributed by atoms with Crippen molar-refractivity contribution in [3.63, 3.8) is 0 Å². The molecule has 0 radical (unpaired) electrons. The van der Waals surface area contributed by atoms with Crippen LogP contribution in [0.3, 0.4) is 0 Å². The number of benzene rings is 1. The fourth-order valence-electron chi connectivity index (χ4n) is 5.38. The molecule has 11 atom stereocenters. The Morgan fingerprint density at radius 3 is 2.40 bits per heavy atom. The van der Waals surface area contributed by atoms with Gasteiger partial charge in [0.1, 0.15) is 35.8 Å². The van der Waals surface area contributed by atoms with E-state index in [0.29, 0.717) is 12.2 Å². The van der Waals surface area contributed by atoms with E-state index < -0.39 is 76.8 Å². The molecule has 15 heteroatoms. The van der Waals surface area contributed by atoms with Gasteiger partial charge < -0.3 is 56.8 Å². The summed E-state index contributed by atoms with van der Waals surface area (Å²) >= 11 is 0. The molecule has 3 aliphatic rings. The Morgan fingerprint density at radius 1 is 1.07 bits per heavy atom. The molecule has 2 aliphatic heterocycles. The second-order valence-electron chi connectivity index (χ2n) is 10.7. The third-order valence-electron chi connectivity index (χ3n) is 7.54. The molecule has 1 aromatic rings. The first kappa shape index (κ1) is 31.2. The molecular weight excluding hydrogens is 546 g/mol. The summed E-state index contributed by atoms with van der Waals surface area (Å²) in [4.78, 5) is 0.0121. The van der Waals surface area contributed by atoms with Crippen LogP contribution in [0, 0.1) is 0 Å². The minimum absolute atomic E-state index is 0.00398. The Kier molecular flexibility index (Phi) is 9.87. The van der Waals surface area contributed by atoms with Crippen LogP contribution in [0.4, 0.5) is 0 Å². The highest BCUT2D eigenvalue weighted by atomic mass is 32.2. The lowest BCUT2D eigenvalue weighted by Gasteiger charge is -2.48. The summed E-state index contributed by atoms with van der Waals surface area (Å²) in [7, 11) is -2.48. The third kappa shape index (κ3) is 6.67. The SMILES string of the molecule is CN[C@@H]1[C@@H](O)[C@@H](O[C@@H]2[C@@H](O)[C@H](O[C@H]3OC(CN)=CC[C@H]3N)[C@@H](N)C[C@H]2NS(=O)(=O)c2ccccc2)OC[C@]1(C)O. The fraction of sp³-hybridized carbons (Fsp3) is 0.680. The number of rotatable bonds is 9. The van der Waals surface area contributed by atoms with Crippen molar-refractivity contribution in [2.24, 2.45) is 17.2 Å². The summed E-state index contributed by atoms with van der Waals surface area (Å²) in [6.07, 6.45) is -5.33. The molecule has 0 spiro atoms. The highest BCUT2D eigenvalue weighted by Gasteiger charge is 2.52. The van der Waals surface area contributed by atoms with E-state index in [1.165, 1.54) is 19.1 Å². The summed E-state index contributed by atoms with van der Waals surface area (Å²) < 4.78 is 52.5. The van der Waals surface area contributed by atoms with Crippen LogP contribution in [0.1, 0.15) is 19.8 Å². The maximum atomic E-state index is 13.2. The van der Waals surface area contributed by atoms with Crippen molar-refractivity contribution in [2.45, 2.75) is 91.4 Å². The van der Waals surface area contributed by atoms with Crippen molar-refractivity contribution in [3.05, 3.63) is 42.2 Å². The number of aliphatic hydroxyl groups is 3. The molecule has 0 aromatic heterocycles. The van der Waals surface area contributed by atoms with Crippen molar-refractivity contribution in [1.29, 1.82) is 0 Å². The van der Waals surface area contributed by atoms with Crippen LogP contribution in [0.15, 0.2) is 47.1 Å². The summed E-state index contributed by atoms with van der Waals surface area (Å²) in [6.45, 7) is 1.44. The van der Waals surface area contributed by atoms with Gasteiger partial charge in [-0.2, -0.15) is 0 Å². The zero-order valence-electron chi connectivity index (χ0n) is 22.5. The summed E-state index contributed by atoms with van der Waals surface area (Å²) in [5.41, 5.74) is 16.9. The lowest BCUT2D eigenvalue weighted by Crippen LogP contribution is -2.69. The lowest BCUT2D eigenvalue weighted by molar-refractivity contribution is -0.303. The van der Waals surface area contributed by atoms with Crippen LogP contribution in [-0.2, 0) is 29.0 Å². The van der Waals surface area contributed by atoms with Crippen molar-refractivity contribution >= 4 is 10.0 Å². The van der Waals surface area contributed by atoms with Gasteiger partial charge in [0, 0.05) is 6.04 Å². The van der Waals surface area contributed by atoms with Gasteiger partial charge in [0.05, 0.1) is 36.2 Å². The number of aliphatic hydroxyl groups excluding tert-OH is 2. The molecule has 2 fully saturated rings. The Bertz CT molecular complexity index is 1120. The summed E-state index contributed by atoms with van der Waals surface area (Å²) in [5, 5.41) is 35.9. The number of likely N-dealkylation sites (N-methyl/N-ethyl adjacent to an activating group) is 1. The first-order chi connectivity index (χ1) is 18.9. The Morgan fingerprint density at radius 2 is 1.75 bits per heavy atom. The number of nitrogens with two attached hydrogens (primary N) is 3. The van der Waals surface area contributed by atoms with Crippen molar-refractivity contribution in [2.75, 3.05) is 20.2 Å². The van der Waals surface area contributed by atoms with Gasteiger partial charge in [0.15, 0.2) is 6.29 Å². The molecule has 1 saturated heterocycles. The lowest BCUT2D eigenvalue weighted by atomic mass is 9.84. The maximum absolute atomic E-state index is 13.2. The van der Waals surface area contributed by atoms with Gasteiger partial charge in [0.25, 0.3) is 0 Å². The molecular formula is C25H41N5O9S. The zero-order chi connectivity index (χ0) is 29.2. The van der Waals surface area contributed by atoms with Gasteiger partial charge in [-0.1, -0.05) is 18.2 Å². The Balaban J connectivity index is 1.60. The fourth-order valence-corrected chi connectivity index (χ4v) is 6.66. The molecule has 0 unspecified atom stereocenters. The summed E-state index contributed by atoms with van der Waals surface area (Å²) in [5.74, 6) is 0.482. The molecule has 40 heavy (non-hydrogen) atoms. The van der Waals surface area contributed by atoms with Crippen LogP contribution in [-0.4, -0.2) is 111 Å². The number of hydrogen-bond donors (Lipinski definition) is 8. The van der Waals surface area contributed by atoms with E-state index in [1.807, 2.05) is 0 Å². The van der Waals surface area contributed by atoms with E-state index in [0.717, 1.165) is 0 Å². The van der Waals surface area contributed by atoms with Crippen molar-refractivity contribution in [1.82, 2.24) is 10.0 Å². The Hall–Kier alpha value is -1.73. The number of nitrogens with one attached hydrogen (secondary N) is 2. The molecule has 4 rings (SSSR count). The van der Waals surface area contributed by atoms with Gasteiger partial charge >= 0.3 is 0 Å². The highest BCUT2D eigenvalue weighted by Crippen LogP contribution is 2.32. The minimum atomic E-state index is -4.05. The second-order valence-corrected chi connectivity index (χ2v) is 12.4. The molecule has 1 saturated carbocycles. The molecule has 2 heterocycles. The maximum Gasteiger partial charge on any atom is 0.240 e. The predicted octanol–water partition coefficient (Wildman–Crippen LogP) is -2.83. The van der Waals surface area contributed by atoms with Crippen LogP contribution >= 0.6 is 0 Å². The van der Waals surface area contributed by atoms with E-state index in [1.54, 1.807) is 31.3 Å².